The van der Waals surface area contributed by atoms with Gasteiger partial charge >= 0.3 is 0 Å². The summed E-state index contributed by atoms with van der Waals surface area (Å²) in [7, 11) is 0. The zero-order valence-corrected chi connectivity index (χ0v) is 13.7. The molecule has 0 bridgehead atoms. The maximum Gasteiger partial charge on any atom is 0.122 e. The number of para-hydroxylation sites is 2. The van der Waals surface area contributed by atoms with Crippen molar-refractivity contribution < 1.29 is 9.84 Å². The van der Waals surface area contributed by atoms with Crippen LogP contribution in [0.15, 0.2) is 59.9 Å². The number of benzene rings is 2. The van der Waals surface area contributed by atoms with Gasteiger partial charge in [-0.25, -0.2) is 9.97 Å². The predicted octanol–water partition coefficient (Wildman–Crippen LogP) is 3.47. The van der Waals surface area contributed by atoms with Crippen LogP contribution in [0.5, 0.6) is 5.75 Å². The van der Waals surface area contributed by atoms with Crippen molar-refractivity contribution in [2.24, 2.45) is 0 Å². The Morgan fingerprint density at radius 1 is 1.09 bits per heavy atom. The molecule has 0 aliphatic heterocycles. The van der Waals surface area contributed by atoms with Crippen LogP contribution in [0, 0.1) is 6.92 Å². The number of hydrogen-bond acceptors (Lipinski definition) is 5. The fourth-order valence-corrected chi connectivity index (χ4v) is 3.12. The Morgan fingerprint density at radius 3 is 2.74 bits per heavy atom. The van der Waals surface area contributed by atoms with E-state index < -0.39 is 6.10 Å². The molecular formula is C18H18N2O2S. The molecule has 0 radical (unpaired) electrons. The number of aliphatic hydroxyl groups is 1. The molecule has 1 atom stereocenters. The topological polar surface area (TPSA) is 55.2 Å². The molecule has 0 saturated carbocycles. The van der Waals surface area contributed by atoms with Gasteiger partial charge in [-0.3, -0.25) is 0 Å². The summed E-state index contributed by atoms with van der Waals surface area (Å²) in [5, 5.41) is 12.0. The molecule has 0 amide bonds. The molecule has 0 spiro atoms. The Morgan fingerprint density at radius 2 is 1.87 bits per heavy atom. The second-order valence-corrected chi connectivity index (χ2v) is 6.25. The Bertz CT molecular complexity index is 789. The van der Waals surface area contributed by atoms with Crippen molar-refractivity contribution in [3.05, 3.63) is 60.4 Å². The van der Waals surface area contributed by atoms with E-state index in [1.54, 1.807) is 6.33 Å². The first-order valence-corrected chi connectivity index (χ1v) is 8.41. The maximum atomic E-state index is 10.1. The molecule has 3 rings (SSSR count). The summed E-state index contributed by atoms with van der Waals surface area (Å²) in [5.74, 6) is 1.33. The molecule has 0 saturated heterocycles. The average Bonchev–Trinajstić information content (AvgIpc) is 2.59. The third-order valence-electron chi connectivity index (χ3n) is 3.44. The predicted molar refractivity (Wildman–Crippen MR) is 92.9 cm³/mol. The smallest absolute Gasteiger partial charge is 0.122 e. The summed E-state index contributed by atoms with van der Waals surface area (Å²) >= 11 is 1.52. The van der Waals surface area contributed by atoms with E-state index in [1.807, 2.05) is 55.5 Å². The van der Waals surface area contributed by atoms with Gasteiger partial charge in [0.25, 0.3) is 0 Å². The molecule has 3 aromatic rings. The number of rotatable bonds is 6. The van der Waals surface area contributed by atoms with Gasteiger partial charge in [0.05, 0.1) is 11.6 Å². The van der Waals surface area contributed by atoms with Crippen LogP contribution in [0.25, 0.3) is 10.9 Å². The molecule has 0 unspecified atom stereocenters. The standard InChI is InChI=1S/C18H18N2O2S/c1-13-6-2-5-9-17(13)22-10-14(21)11-23-18-15-7-3-4-8-16(15)19-12-20-18/h2-9,12,14,21H,10-11H2,1H3/t14-/m1/s1. The van der Waals surface area contributed by atoms with Crippen molar-refractivity contribution in [3.63, 3.8) is 0 Å². The lowest BCUT2D eigenvalue weighted by Crippen LogP contribution is -2.20. The fourth-order valence-electron chi connectivity index (χ4n) is 2.22. The first-order chi connectivity index (χ1) is 11.2. The lowest BCUT2D eigenvalue weighted by atomic mass is 10.2. The van der Waals surface area contributed by atoms with E-state index in [4.69, 9.17) is 4.74 Å². The number of aliphatic hydroxyl groups excluding tert-OH is 1. The second-order valence-electron chi connectivity index (χ2n) is 5.24. The Kier molecular flexibility index (Phi) is 5.10. The van der Waals surface area contributed by atoms with E-state index in [9.17, 15) is 5.11 Å². The van der Waals surface area contributed by atoms with Crippen molar-refractivity contribution in [2.45, 2.75) is 18.1 Å². The highest BCUT2D eigenvalue weighted by molar-refractivity contribution is 7.99. The Balaban J connectivity index is 1.58. The molecule has 118 valence electrons. The van der Waals surface area contributed by atoms with Crippen LogP contribution in [0.2, 0.25) is 0 Å². The second kappa shape index (κ2) is 7.44. The highest BCUT2D eigenvalue weighted by Gasteiger charge is 2.10. The van der Waals surface area contributed by atoms with Crippen LogP contribution in [-0.2, 0) is 0 Å². The summed E-state index contributed by atoms with van der Waals surface area (Å²) in [4.78, 5) is 8.55. The third-order valence-corrected chi connectivity index (χ3v) is 4.59. The first kappa shape index (κ1) is 15.8. The van der Waals surface area contributed by atoms with Crippen LogP contribution >= 0.6 is 11.8 Å². The van der Waals surface area contributed by atoms with E-state index in [2.05, 4.69) is 9.97 Å². The van der Waals surface area contributed by atoms with E-state index in [-0.39, 0.29) is 6.61 Å². The van der Waals surface area contributed by atoms with Gasteiger partial charge in [0.2, 0.25) is 0 Å². The Hall–Kier alpha value is -2.11. The van der Waals surface area contributed by atoms with Crippen LogP contribution in [0.1, 0.15) is 5.56 Å². The molecule has 23 heavy (non-hydrogen) atoms. The molecule has 0 aliphatic carbocycles. The normalized spacial score (nSPS) is 12.3. The molecule has 0 fully saturated rings. The number of aryl methyl sites for hydroxylation is 1. The monoisotopic (exact) mass is 326 g/mol. The quantitative estimate of drug-likeness (QED) is 0.555. The first-order valence-electron chi connectivity index (χ1n) is 7.43. The maximum absolute atomic E-state index is 10.1. The number of hydrogen-bond donors (Lipinski definition) is 1. The van der Waals surface area contributed by atoms with Crippen molar-refractivity contribution in [1.82, 2.24) is 9.97 Å². The number of fused-ring (bicyclic) bond motifs is 1. The SMILES string of the molecule is Cc1ccccc1OC[C@@H](O)CSc1ncnc2ccccc12. The highest BCUT2D eigenvalue weighted by atomic mass is 32.2. The number of aromatic nitrogens is 2. The Labute approximate surface area is 139 Å². The third kappa shape index (κ3) is 4.00. The van der Waals surface area contributed by atoms with E-state index in [0.717, 1.165) is 27.2 Å². The van der Waals surface area contributed by atoms with Crippen molar-refractivity contribution in [1.29, 1.82) is 0 Å². The summed E-state index contributed by atoms with van der Waals surface area (Å²) in [6.07, 6.45) is 0.995. The molecule has 2 aromatic carbocycles. The van der Waals surface area contributed by atoms with Gasteiger partial charge in [-0.1, -0.05) is 36.4 Å². The lowest BCUT2D eigenvalue weighted by Gasteiger charge is -2.13. The minimum Gasteiger partial charge on any atom is -0.491 e. The fraction of sp³-hybridized carbons (Fsp3) is 0.222. The van der Waals surface area contributed by atoms with Crippen molar-refractivity contribution >= 4 is 22.7 Å². The van der Waals surface area contributed by atoms with Gasteiger partial charge in [-0.2, -0.15) is 0 Å². The van der Waals surface area contributed by atoms with Gasteiger partial charge in [0, 0.05) is 11.1 Å². The van der Waals surface area contributed by atoms with Crippen LogP contribution in [0.3, 0.4) is 0 Å². The largest absolute Gasteiger partial charge is 0.491 e. The van der Waals surface area contributed by atoms with E-state index in [1.165, 1.54) is 11.8 Å². The van der Waals surface area contributed by atoms with Gasteiger partial charge in [-0.15, -0.1) is 11.8 Å². The zero-order valence-electron chi connectivity index (χ0n) is 12.8. The highest BCUT2D eigenvalue weighted by Crippen LogP contribution is 2.25. The van der Waals surface area contributed by atoms with Crippen LogP contribution < -0.4 is 4.74 Å². The van der Waals surface area contributed by atoms with Crippen molar-refractivity contribution in [3.8, 4) is 5.75 Å². The van der Waals surface area contributed by atoms with Gasteiger partial charge < -0.3 is 9.84 Å². The zero-order chi connectivity index (χ0) is 16.1. The molecule has 1 aromatic heterocycles. The molecule has 4 nitrogen and oxygen atoms in total. The van der Waals surface area contributed by atoms with E-state index in [0.29, 0.717) is 5.75 Å². The summed E-state index contributed by atoms with van der Waals surface area (Å²) in [6, 6.07) is 15.7. The van der Waals surface area contributed by atoms with E-state index >= 15 is 0 Å². The minimum absolute atomic E-state index is 0.265. The summed E-state index contributed by atoms with van der Waals surface area (Å²) in [6.45, 7) is 2.25. The molecule has 1 heterocycles. The summed E-state index contributed by atoms with van der Waals surface area (Å²) < 4.78 is 5.68. The van der Waals surface area contributed by atoms with Gasteiger partial charge in [0.1, 0.15) is 23.7 Å². The average molecular weight is 326 g/mol. The minimum atomic E-state index is -0.562. The van der Waals surface area contributed by atoms with Gasteiger partial charge in [-0.05, 0) is 24.6 Å². The molecule has 0 aliphatic rings. The number of ether oxygens (including phenoxy) is 1. The lowest BCUT2D eigenvalue weighted by molar-refractivity contribution is 0.126. The van der Waals surface area contributed by atoms with Crippen molar-refractivity contribution in [2.75, 3.05) is 12.4 Å². The van der Waals surface area contributed by atoms with Gasteiger partial charge in [0.15, 0.2) is 0 Å². The van der Waals surface area contributed by atoms with Crippen LogP contribution in [0.4, 0.5) is 0 Å². The summed E-state index contributed by atoms with van der Waals surface area (Å²) in [5.41, 5.74) is 1.98. The molecular weight excluding hydrogens is 308 g/mol. The number of thioether (sulfide) groups is 1. The molecule has 5 heteroatoms. The number of nitrogens with zero attached hydrogens (tertiary/aromatic N) is 2. The van der Waals surface area contributed by atoms with Crippen LogP contribution in [-0.4, -0.2) is 33.5 Å². The molecule has 1 N–H and O–H groups in total.